The number of rotatable bonds is 3. The number of anilines is 1. The lowest BCUT2D eigenvalue weighted by molar-refractivity contribution is 0.0616. The number of carbonyl (C=O) groups excluding carboxylic acids is 1. The van der Waals surface area contributed by atoms with Crippen LogP contribution in [0, 0.1) is 0 Å². The minimum atomic E-state index is -2.54. The summed E-state index contributed by atoms with van der Waals surface area (Å²) < 4.78 is 24.4. The van der Waals surface area contributed by atoms with Crippen molar-refractivity contribution in [3.05, 3.63) is 30.0 Å². The summed E-state index contributed by atoms with van der Waals surface area (Å²) in [6.07, 6.45) is -2.54. The van der Waals surface area contributed by atoms with E-state index in [2.05, 4.69) is 4.98 Å². The number of carbonyl (C=O) groups is 1. The number of aromatic nitrogens is 1. The largest absolute Gasteiger partial charge is 0.399 e. The van der Waals surface area contributed by atoms with Crippen molar-refractivity contribution in [3.8, 4) is 0 Å². The Morgan fingerprint density at radius 2 is 2.17 bits per heavy atom. The van der Waals surface area contributed by atoms with Gasteiger partial charge >= 0.3 is 0 Å². The summed E-state index contributed by atoms with van der Waals surface area (Å²) in [5, 5.41) is 0.781. The standard InChI is InChI=1S/C12H13F2N3O/c1-17(6-11(13)14)12(18)10-5-7-4-8(15)2-3-9(7)16-10/h2-5,11,16H,6,15H2,1H3. The zero-order valence-corrected chi connectivity index (χ0v) is 9.78. The molecule has 0 bridgehead atoms. The van der Waals surface area contributed by atoms with Gasteiger partial charge in [-0.15, -0.1) is 0 Å². The van der Waals surface area contributed by atoms with Crippen molar-refractivity contribution in [3.63, 3.8) is 0 Å². The first-order chi connectivity index (χ1) is 8.47. The highest BCUT2D eigenvalue weighted by atomic mass is 19.3. The van der Waals surface area contributed by atoms with Crippen LogP contribution in [0.4, 0.5) is 14.5 Å². The summed E-state index contributed by atoms with van der Waals surface area (Å²) in [7, 11) is 1.34. The predicted octanol–water partition coefficient (Wildman–Crippen LogP) is 2.09. The maximum absolute atomic E-state index is 12.2. The smallest absolute Gasteiger partial charge is 0.270 e. The fourth-order valence-electron chi connectivity index (χ4n) is 1.76. The van der Waals surface area contributed by atoms with Gasteiger partial charge in [0.05, 0.1) is 6.54 Å². The van der Waals surface area contributed by atoms with E-state index < -0.39 is 18.9 Å². The minimum absolute atomic E-state index is 0.277. The van der Waals surface area contributed by atoms with Crippen LogP contribution < -0.4 is 5.73 Å². The predicted molar refractivity (Wildman–Crippen MR) is 65.7 cm³/mol. The molecular formula is C12H13F2N3O. The first-order valence-corrected chi connectivity index (χ1v) is 5.39. The number of nitrogens with one attached hydrogen (secondary N) is 1. The first kappa shape index (κ1) is 12.3. The number of halogens is 2. The molecule has 1 aromatic carbocycles. The molecule has 18 heavy (non-hydrogen) atoms. The second kappa shape index (κ2) is 4.64. The van der Waals surface area contributed by atoms with Crippen molar-refractivity contribution >= 4 is 22.5 Å². The summed E-state index contributed by atoms with van der Waals surface area (Å²) in [6.45, 7) is -0.587. The molecule has 96 valence electrons. The fourth-order valence-corrected chi connectivity index (χ4v) is 1.76. The zero-order valence-electron chi connectivity index (χ0n) is 9.78. The Morgan fingerprint density at radius 1 is 1.44 bits per heavy atom. The normalized spacial score (nSPS) is 11.1. The number of nitrogens with two attached hydrogens (primary N) is 1. The fraction of sp³-hybridized carbons (Fsp3) is 0.250. The minimum Gasteiger partial charge on any atom is -0.399 e. The number of H-pyrrole nitrogens is 1. The van der Waals surface area contributed by atoms with Gasteiger partial charge in [0.25, 0.3) is 12.3 Å². The SMILES string of the molecule is CN(CC(F)F)C(=O)c1cc2cc(N)ccc2[nH]1. The van der Waals surface area contributed by atoms with Crippen LogP contribution in [0.15, 0.2) is 24.3 Å². The lowest BCUT2D eigenvalue weighted by Gasteiger charge is -2.15. The summed E-state index contributed by atoms with van der Waals surface area (Å²) in [5.41, 5.74) is 7.24. The average molecular weight is 253 g/mol. The van der Waals surface area contributed by atoms with Crippen molar-refractivity contribution in [2.45, 2.75) is 6.43 Å². The van der Waals surface area contributed by atoms with E-state index in [1.165, 1.54) is 7.05 Å². The topological polar surface area (TPSA) is 62.1 Å². The van der Waals surface area contributed by atoms with Gasteiger partial charge in [0.1, 0.15) is 5.69 Å². The van der Waals surface area contributed by atoms with Gasteiger partial charge in [-0.05, 0) is 24.3 Å². The van der Waals surface area contributed by atoms with Crippen molar-refractivity contribution in [2.24, 2.45) is 0 Å². The van der Waals surface area contributed by atoms with Gasteiger partial charge in [0, 0.05) is 23.6 Å². The van der Waals surface area contributed by atoms with E-state index in [4.69, 9.17) is 5.73 Å². The van der Waals surface area contributed by atoms with Crippen molar-refractivity contribution in [1.29, 1.82) is 0 Å². The molecule has 0 saturated carbocycles. The molecule has 0 fully saturated rings. The van der Waals surface area contributed by atoms with E-state index in [-0.39, 0.29) is 5.69 Å². The number of alkyl halides is 2. The highest BCUT2D eigenvalue weighted by Crippen LogP contribution is 2.19. The van der Waals surface area contributed by atoms with Gasteiger partial charge in [-0.2, -0.15) is 0 Å². The summed E-state index contributed by atoms with van der Waals surface area (Å²) in [5.74, 6) is -0.468. The maximum Gasteiger partial charge on any atom is 0.270 e. The monoisotopic (exact) mass is 253 g/mol. The zero-order chi connectivity index (χ0) is 13.3. The van der Waals surface area contributed by atoms with Gasteiger partial charge in [-0.25, -0.2) is 8.78 Å². The summed E-state index contributed by atoms with van der Waals surface area (Å²) >= 11 is 0. The number of fused-ring (bicyclic) bond motifs is 1. The second-order valence-electron chi connectivity index (χ2n) is 4.11. The van der Waals surface area contributed by atoms with Gasteiger partial charge in [-0.3, -0.25) is 4.79 Å². The third-order valence-electron chi connectivity index (χ3n) is 2.63. The van der Waals surface area contributed by atoms with Crippen LogP contribution in [0.5, 0.6) is 0 Å². The van der Waals surface area contributed by atoms with Gasteiger partial charge in [-0.1, -0.05) is 0 Å². The van der Waals surface area contributed by atoms with Crippen LogP contribution in [-0.2, 0) is 0 Å². The van der Waals surface area contributed by atoms with Gasteiger partial charge < -0.3 is 15.6 Å². The van der Waals surface area contributed by atoms with E-state index in [1.54, 1.807) is 24.3 Å². The lowest BCUT2D eigenvalue weighted by atomic mass is 10.2. The van der Waals surface area contributed by atoms with E-state index in [0.717, 1.165) is 15.8 Å². The molecular weight excluding hydrogens is 240 g/mol. The number of amides is 1. The number of nitrogen functional groups attached to an aromatic ring is 1. The number of aromatic amines is 1. The van der Waals surface area contributed by atoms with Crippen LogP contribution in [0.2, 0.25) is 0 Å². The maximum atomic E-state index is 12.2. The Morgan fingerprint density at radius 3 is 2.83 bits per heavy atom. The summed E-state index contributed by atoms with van der Waals surface area (Å²) in [6, 6.07) is 6.77. The quantitative estimate of drug-likeness (QED) is 0.823. The van der Waals surface area contributed by atoms with Gasteiger partial charge in [0.15, 0.2) is 0 Å². The molecule has 4 nitrogen and oxygen atoms in total. The molecule has 2 rings (SSSR count). The Bertz CT molecular complexity index is 580. The Balaban J connectivity index is 2.28. The van der Waals surface area contributed by atoms with E-state index in [9.17, 15) is 13.6 Å². The van der Waals surface area contributed by atoms with Crippen LogP contribution in [0.1, 0.15) is 10.5 Å². The number of hydrogen-bond donors (Lipinski definition) is 2. The third kappa shape index (κ3) is 2.42. The molecule has 3 N–H and O–H groups in total. The number of benzene rings is 1. The molecule has 0 aliphatic rings. The summed E-state index contributed by atoms with van der Waals surface area (Å²) in [4.78, 5) is 15.7. The molecule has 0 saturated heterocycles. The number of nitrogens with zero attached hydrogens (tertiary/aromatic N) is 1. The molecule has 6 heteroatoms. The third-order valence-corrected chi connectivity index (χ3v) is 2.63. The highest BCUT2D eigenvalue weighted by Gasteiger charge is 2.17. The molecule has 0 atom stereocenters. The van der Waals surface area contributed by atoms with E-state index in [1.807, 2.05) is 0 Å². The molecule has 0 aliphatic carbocycles. The van der Waals surface area contributed by atoms with Crippen LogP contribution in [-0.4, -0.2) is 35.8 Å². The Hall–Kier alpha value is -2.11. The van der Waals surface area contributed by atoms with Crippen molar-refractivity contribution < 1.29 is 13.6 Å². The van der Waals surface area contributed by atoms with E-state index >= 15 is 0 Å². The Kier molecular flexibility index (Phi) is 3.18. The molecule has 0 radical (unpaired) electrons. The molecule has 2 aromatic rings. The molecule has 0 unspecified atom stereocenters. The van der Waals surface area contributed by atoms with Crippen LogP contribution in [0.3, 0.4) is 0 Å². The Labute approximate surface area is 102 Å². The first-order valence-electron chi connectivity index (χ1n) is 5.39. The van der Waals surface area contributed by atoms with Crippen molar-refractivity contribution in [2.75, 3.05) is 19.3 Å². The highest BCUT2D eigenvalue weighted by molar-refractivity contribution is 5.98. The second-order valence-corrected chi connectivity index (χ2v) is 4.11. The van der Waals surface area contributed by atoms with Gasteiger partial charge in [0.2, 0.25) is 0 Å². The average Bonchev–Trinajstić information content (AvgIpc) is 2.69. The molecule has 1 amide bonds. The lowest BCUT2D eigenvalue weighted by Crippen LogP contribution is -2.31. The van der Waals surface area contributed by atoms with Crippen molar-refractivity contribution in [1.82, 2.24) is 9.88 Å². The number of hydrogen-bond acceptors (Lipinski definition) is 2. The van der Waals surface area contributed by atoms with Crippen LogP contribution in [0.25, 0.3) is 10.9 Å². The molecule has 0 aliphatic heterocycles. The van der Waals surface area contributed by atoms with Crippen LogP contribution >= 0.6 is 0 Å². The van der Waals surface area contributed by atoms with E-state index in [0.29, 0.717) is 5.69 Å². The molecule has 0 spiro atoms. The molecule has 1 aromatic heterocycles. The molecule has 1 heterocycles.